The fourth-order valence-corrected chi connectivity index (χ4v) is 3.68. The van der Waals surface area contributed by atoms with Crippen molar-refractivity contribution < 1.29 is 4.79 Å². The van der Waals surface area contributed by atoms with Crippen LogP contribution in [0.2, 0.25) is 0 Å². The molecule has 1 atom stereocenters. The summed E-state index contributed by atoms with van der Waals surface area (Å²) in [5, 5.41) is 3.85. The number of hydrogen-bond donors (Lipinski definition) is 1. The first-order valence-corrected chi connectivity index (χ1v) is 10.1. The van der Waals surface area contributed by atoms with Gasteiger partial charge in [0.2, 0.25) is 5.91 Å². The van der Waals surface area contributed by atoms with E-state index in [0.717, 1.165) is 26.4 Å². The normalized spacial score (nSPS) is 12.0. The summed E-state index contributed by atoms with van der Waals surface area (Å²) in [6.07, 6.45) is 1.84. The Balaban J connectivity index is 1.60. The molecule has 1 heterocycles. The molecule has 4 nitrogen and oxygen atoms in total. The second kappa shape index (κ2) is 8.56. The Hall–Kier alpha value is -2.05. The monoisotopic (exact) mass is 429 g/mol. The quantitative estimate of drug-likeness (QED) is 0.571. The molecule has 0 saturated heterocycles. The number of aromatic nitrogens is 2. The van der Waals surface area contributed by atoms with Crippen LogP contribution >= 0.6 is 27.7 Å². The first kappa shape index (κ1) is 18.7. The van der Waals surface area contributed by atoms with Gasteiger partial charge in [0, 0.05) is 11.5 Å². The van der Waals surface area contributed by atoms with Crippen molar-refractivity contribution in [1.82, 2.24) is 14.9 Å². The van der Waals surface area contributed by atoms with Gasteiger partial charge in [-0.3, -0.25) is 4.79 Å². The topological polar surface area (TPSA) is 46.9 Å². The van der Waals surface area contributed by atoms with E-state index in [4.69, 9.17) is 0 Å². The summed E-state index contributed by atoms with van der Waals surface area (Å²) < 4.78 is 3.06. The summed E-state index contributed by atoms with van der Waals surface area (Å²) in [5.41, 5.74) is 3.22. The largest absolute Gasteiger partial charge is 0.349 e. The van der Waals surface area contributed by atoms with Crippen LogP contribution < -0.4 is 5.32 Å². The van der Waals surface area contributed by atoms with Gasteiger partial charge in [-0.2, -0.15) is 0 Å². The van der Waals surface area contributed by atoms with E-state index < -0.39 is 0 Å². The molecule has 1 aromatic heterocycles. The molecule has 134 valence electrons. The molecule has 6 heteroatoms. The molecule has 0 radical (unpaired) electrons. The zero-order chi connectivity index (χ0) is 18.5. The van der Waals surface area contributed by atoms with E-state index in [1.165, 1.54) is 11.8 Å². The van der Waals surface area contributed by atoms with Crippen molar-refractivity contribution in [2.45, 2.75) is 18.1 Å². The summed E-state index contributed by atoms with van der Waals surface area (Å²) in [7, 11) is 1.97. The van der Waals surface area contributed by atoms with Gasteiger partial charge in [0.15, 0.2) is 5.16 Å². The molecular formula is C20H20BrN3OS. The molecule has 0 aliphatic heterocycles. The number of benzene rings is 2. The third-order valence-electron chi connectivity index (χ3n) is 4.09. The molecule has 0 bridgehead atoms. The molecule has 2 aromatic carbocycles. The summed E-state index contributed by atoms with van der Waals surface area (Å²) in [4.78, 5) is 16.7. The van der Waals surface area contributed by atoms with Crippen LogP contribution in [-0.2, 0) is 11.8 Å². The van der Waals surface area contributed by atoms with Gasteiger partial charge < -0.3 is 9.88 Å². The average molecular weight is 430 g/mol. The first-order valence-electron chi connectivity index (χ1n) is 8.29. The second-order valence-electron chi connectivity index (χ2n) is 5.98. The number of thioether (sulfide) groups is 1. The van der Waals surface area contributed by atoms with Crippen LogP contribution in [0, 0.1) is 0 Å². The van der Waals surface area contributed by atoms with Crippen LogP contribution in [0.4, 0.5) is 0 Å². The van der Waals surface area contributed by atoms with E-state index in [2.05, 4.69) is 26.2 Å². The lowest BCUT2D eigenvalue weighted by molar-refractivity contribution is -0.119. The molecule has 1 amide bonds. The Bertz CT molecular complexity index is 878. The number of halogens is 1. The van der Waals surface area contributed by atoms with Crippen molar-refractivity contribution in [3.63, 3.8) is 0 Å². The van der Waals surface area contributed by atoms with Crippen molar-refractivity contribution in [3.8, 4) is 11.3 Å². The average Bonchev–Trinajstić information content (AvgIpc) is 3.02. The van der Waals surface area contributed by atoms with Gasteiger partial charge in [-0.25, -0.2) is 4.98 Å². The number of nitrogens with zero attached hydrogens (tertiary/aromatic N) is 2. The molecule has 0 fully saturated rings. The van der Waals surface area contributed by atoms with Crippen molar-refractivity contribution in [1.29, 1.82) is 0 Å². The number of imidazole rings is 1. The SMILES string of the molecule is CC(NC(=O)CSc1ncc(-c2ccc(Br)cc2)n1C)c1ccccc1. The number of amides is 1. The highest BCUT2D eigenvalue weighted by molar-refractivity contribution is 9.10. The Morgan fingerprint density at radius 2 is 1.88 bits per heavy atom. The van der Waals surface area contributed by atoms with E-state index in [-0.39, 0.29) is 11.9 Å². The number of carbonyl (C=O) groups excluding carboxylic acids is 1. The second-order valence-corrected chi connectivity index (χ2v) is 7.84. The molecule has 1 unspecified atom stereocenters. The zero-order valence-electron chi connectivity index (χ0n) is 14.6. The number of rotatable bonds is 6. The summed E-state index contributed by atoms with van der Waals surface area (Å²) in [6.45, 7) is 1.99. The smallest absolute Gasteiger partial charge is 0.230 e. The van der Waals surface area contributed by atoms with Gasteiger partial charge >= 0.3 is 0 Å². The fourth-order valence-electron chi connectivity index (χ4n) is 2.65. The predicted octanol–water partition coefficient (Wildman–Crippen LogP) is 4.82. The van der Waals surface area contributed by atoms with Crippen LogP contribution in [0.25, 0.3) is 11.3 Å². The molecule has 3 rings (SSSR count). The molecule has 0 aliphatic carbocycles. The van der Waals surface area contributed by atoms with E-state index >= 15 is 0 Å². The lowest BCUT2D eigenvalue weighted by Crippen LogP contribution is -2.28. The van der Waals surface area contributed by atoms with E-state index in [1.54, 1.807) is 0 Å². The van der Waals surface area contributed by atoms with Crippen LogP contribution in [0.5, 0.6) is 0 Å². The van der Waals surface area contributed by atoms with Crippen LogP contribution in [0.15, 0.2) is 70.4 Å². The van der Waals surface area contributed by atoms with Crippen LogP contribution in [0.3, 0.4) is 0 Å². The minimum atomic E-state index is -0.0102. The fraction of sp³-hybridized carbons (Fsp3) is 0.200. The molecule has 0 spiro atoms. The third kappa shape index (κ3) is 4.56. The Morgan fingerprint density at radius 1 is 1.19 bits per heavy atom. The molecule has 26 heavy (non-hydrogen) atoms. The highest BCUT2D eigenvalue weighted by Crippen LogP contribution is 2.26. The summed E-state index contributed by atoms with van der Waals surface area (Å²) in [5.74, 6) is 0.335. The minimum absolute atomic E-state index is 0.000422. The van der Waals surface area contributed by atoms with Crippen LogP contribution in [-0.4, -0.2) is 21.2 Å². The van der Waals surface area contributed by atoms with Crippen molar-refractivity contribution in [2.24, 2.45) is 7.05 Å². The molecule has 0 saturated carbocycles. The maximum atomic E-state index is 12.3. The zero-order valence-corrected chi connectivity index (χ0v) is 17.0. The van der Waals surface area contributed by atoms with Gasteiger partial charge in [0.25, 0.3) is 0 Å². The van der Waals surface area contributed by atoms with Gasteiger partial charge in [0.05, 0.1) is 23.7 Å². The predicted molar refractivity (Wildman–Crippen MR) is 110 cm³/mol. The van der Waals surface area contributed by atoms with Crippen LogP contribution in [0.1, 0.15) is 18.5 Å². The highest BCUT2D eigenvalue weighted by atomic mass is 79.9. The highest BCUT2D eigenvalue weighted by Gasteiger charge is 2.13. The van der Waals surface area contributed by atoms with Crippen molar-refractivity contribution in [2.75, 3.05) is 5.75 Å². The maximum Gasteiger partial charge on any atom is 0.230 e. The number of hydrogen-bond acceptors (Lipinski definition) is 3. The third-order valence-corrected chi connectivity index (χ3v) is 5.67. The molecule has 3 aromatic rings. The van der Waals surface area contributed by atoms with Crippen molar-refractivity contribution in [3.05, 3.63) is 70.8 Å². The first-order chi connectivity index (χ1) is 12.5. The van der Waals surface area contributed by atoms with Gasteiger partial charge in [-0.05, 0) is 30.2 Å². The Labute approximate surface area is 166 Å². The standard InChI is InChI=1S/C20H20BrN3OS/c1-14(15-6-4-3-5-7-15)23-19(25)13-26-20-22-12-18(24(20)2)16-8-10-17(21)11-9-16/h3-12,14H,13H2,1-2H3,(H,23,25). The van der Waals surface area contributed by atoms with E-state index in [9.17, 15) is 4.79 Å². The lowest BCUT2D eigenvalue weighted by Gasteiger charge is -2.14. The minimum Gasteiger partial charge on any atom is -0.349 e. The summed E-state index contributed by atoms with van der Waals surface area (Å²) in [6, 6.07) is 18.0. The number of carbonyl (C=O) groups is 1. The van der Waals surface area contributed by atoms with Gasteiger partial charge in [-0.1, -0.05) is 70.2 Å². The Morgan fingerprint density at radius 3 is 2.58 bits per heavy atom. The molecular weight excluding hydrogens is 410 g/mol. The Kier molecular flexibility index (Phi) is 6.16. The van der Waals surface area contributed by atoms with Crippen molar-refractivity contribution >= 4 is 33.6 Å². The number of nitrogens with one attached hydrogen (secondary N) is 1. The lowest BCUT2D eigenvalue weighted by atomic mass is 10.1. The molecule has 0 aliphatic rings. The van der Waals surface area contributed by atoms with E-state index in [1.807, 2.05) is 79.3 Å². The summed E-state index contributed by atoms with van der Waals surface area (Å²) >= 11 is 4.89. The maximum absolute atomic E-state index is 12.3. The van der Waals surface area contributed by atoms with E-state index in [0.29, 0.717) is 5.75 Å². The van der Waals surface area contributed by atoms with Gasteiger partial charge in [-0.15, -0.1) is 0 Å². The molecule has 1 N–H and O–H groups in total. The van der Waals surface area contributed by atoms with Gasteiger partial charge in [0.1, 0.15) is 0 Å².